The van der Waals surface area contributed by atoms with Crippen LogP contribution in [-0.4, -0.2) is 83.8 Å². The summed E-state index contributed by atoms with van der Waals surface area (Å²) in [7, 11) is 5.79. The van der Waals surface area contributed by atoms with Crippen molar-refractivity contribution in [3.63, 3.8) is 0 Å². The van der Waals surface area contributed by atoms with E-state index in [-0.39, 0.29) is 48.4 Å². The molecule has 1 aromatic carbocycles. The predicted octanol–water partition coefficient (Wildman–Crippen LogP) is 4.44. The van der Waals surface area contributed by atoms with E-state index in [0.29, 0.717) is 42.4 Å². The van der Waals surface area contributed by atoms with Gasteiger partial charge in [0.05, 0.1) is 50.1 Å². The van der Waals surface area contributed by atoms with Crippen LogP contribution in [0.2, 0.25) is 0 Å². The van der Waals surface area contributed by atoms with Crippen molar-refractivity contribution in [2.75, 3.05) is 33.0 Å². The topological polar surface area (TPSA) is 143 Å². The standard InChI is InChI=1S/C32H42F3N5O6/c1-18(41)45-22(17-40(4,5)6)14-27(43)46-21-10-7-19(8-11-21)37-24-13-20(9-12-23(24)30(36)44)39-25-15-31(2,3)16-26(42)28(25)29(38-39)32(33,34)35/h9,12-13,19,21-22H,7-8,10-11,14-17H2,1-6H3,(H2-,36,37,44)/p+1. The van der Waals surface area contributed by atoms with Crippen LogP contribution in [0, 0.1) is 5.41 Å². The molecule has 4 rings (SSSR count). The highest BCUT2D eigenvalue weighted by Crippen LogP contribution is 2.42. The highest BCUT2D eigenvalue weighted by molar-refractivity contribution is 6.00. The van der Waals surface area contributed by atoms with Gasteiger partial charge < -0.3 is 25.0 Å². The Morgan fingerprint density at radius 1 is 1.13 bits per heavy atom. The number of anilines is 1. The molecule has 0 bridgehead atoms. The molecule has 1 amide bonds. The Hall–Kier alpha value is -3.94. The minimum Gasteiger partial charge on any atom is -0.462 e. The number of ketones is 1. The fraction of sp³-hybridized carbons (Fsp3) is 0.594. The highest BCUT2D eigenvalue weighted by Gasteiger charge is 2.45. The molecule has 2 aliphatic rings. The lowest BCUT2D eigenvalue weighted by Crippen LogP contribution is -2.44. The molecule has 1 aromatic heterocycles. The second-order valence-electron chi connectivity index (χ2n) is 14.1. The number of nitrogens with two attached hydrogens (primary N) is 1. The Bertz CT molecular complexity index is 1500. The summed E-state index contributed by atoms with van der Waals surface area (Å²) in [4.78, 5) is 49.4. The van der Waals surface area contributed by atoms with Crippen molar-refractivity contribution < 1.29 is 46.3 Å². The third kappa shape index (κ3) is 8.65. The first-order chi connectivity index (χ1) is 21.2. The summed E-state index contributed by atoms with van der Waals surface area (Å²) < 4.78 is 54.6. The fourth-order valence-electron chi connectivity index (χ4n) is 6.31. The van der Waals surface area contributed by atoms with E-state index < -0.39 is 52.6 Å². The van der Waals surface area contributed by atoms with Crippen molar-refractivity contribution in [1.29, 1.82) is 0 Å². The van der Waals surface area contributed by atoms with E-state index in [1.54, 1.807) is 0 Å². The second-order valence-corrected chi connectivity index (χ2v) is 14.1. The van der Waals surface area contributed by atoms with Crippen molar-refractivity contribution >= 4 is 29.3 Å². The van der Waals surface area contributed by atoms with Gasteiger partial charge in [-0.1, -0.05) is 13.8 Å². The van der Waals surface area contributed by atoms with E-state index >= 15 is 0 Å². The molecule has 0 radical (unpaired) electrons. The number of carbonyl (C=O) groups is 4. The van der Waals surface area contributed by atoms with Gasteiger partial charge in [-0.15, -0.1) is 0 Å². The number of amides is 1. The Balaban J connectivity index is 1.49. The molecule has 46 heavy (non-hydrogen) atoms. The Morgan fingerprint density at radius 2 is 1.78 bits per heavy atom. The first kappa shape index (κ1) is 34.9. The summed E-state index contributed by atoms with van der Waals surface area (Å²) in [5, 5.41) is 7.16. The molecule has 2 aliphatic carbocycles. The number of ether oxygens (including phenoxy) is 2. The number of likely N-dealkylation sites (N-methyl/N-ethyl adjacent to an activating group) is 1. The van der Waals surface area contributed by atoms with E-state index in [1.807, 2.05) is 35.0 Å². The van der Waals surface area contributed by atoms with Gasteiger partial charge in [0.1, 0.15) is 12.6 Å². The molecule has 0 saturated heterocycles. The number of Topliss-reactive ketones (excluding diaryl/α,β-unsaturated/α-hetero) is 1. The van der Waals surface area contributed by atoms with Gasteiger partial charge in [-0.25, -0.2) is 4.68 Å². The number of rotatable bonds is 10. The van der Waals surface area contributed by atoms with Crippen LogP contribution in [0.25, 0.3) is 5.69 Å². The second kappa shape index (κ2) is 13.0. The summed E-state index contributed by atoms with van der Waals surface area (Å²) in [6.45, 7) is 5.38. The number of hydrogen-bond donors (Lipinski definition) is 2. The molecule has 1 saturated carbocycles. The first-order valence-electron chi connectivity index (χ1n) is 15.3. The quantitative estimate of drug-likeness (QED) is 0.284. The molecule has 1 heterocycles. The van der Waals surface area contributed by atoms with Gasteiger partial charge in [-0.2, -0.15) is 18.3 Å². The average molecular weight is 651 g/mol. The zero-order valence-electron chi connectivity index (χ0n) is 27.1. The molecule has 14 heteroatoms. The normalized spacial score (nSPS) is 20.4. The van der Waals surface area contributed by atoms with Gasteiger partial charge in [-0.05, 0) is 55.7 Å². The van der Waals surface area contributed by atoms with Crippen LogP contribution in [0.15, 0.2) is 18.2 Å². The number of halogens is 3. The summed E-state index contributed by atoms with van der Waals surface area (Å²) in [5.41, 5.74) is 4.35. The maximum atomic E-state index is 14.0. The maximum Gasteiger partial charge on any atom is 0.435 e. The van der Waals surface area contributed by atoms with E-state index in [1.165, 1.54) is 25.1 Å². The van der Waals surface area contributed by atoms with Gasteiger partial charge in [0.15, 0.2) is 17.6 Å². The number of nitrogens with one attached hydrogen (secondary N) is 1. The van der Waals surface area contributed by atoms with Crippen molar-refractivity contribution in [3.8, 4) is 5.69 Å². The summed E-state index contributed by atoms with van der Waals surface area (Å²) >= 11 is 0. The molecule has 0 aliphatic heterocycles. The Morgan fingerprint density at radius 3 is 2.35 bits per heavy atom. The van der Waals surface area contributed by atoms with Gasteiger partial charge in [-0.3, -0.25) is 19.2 Å². The molecule has 1 unspecified atom stereocenters. The molecule has 3 N–H and O–H groups in total. The number of nitrogens with zero attached hydrogens (tertiary/aromatic N) is 3. The maximum absolute atomic E-state index is 14.0. The number of fused-ring (bicyclic) bond motifs is 1. The van der Waals surface area contributed by atoms with Gasteiger partial charge in [0.2, 0.25) is 0 Å². The van der Waals surface area contributed by atoms with Crippen molar-refractivity contribution in [1.82, 2.24) is 9.78 Å². The lowest BCUT2D eigenvalue weighted by atomic mass is 9.75. The van der Waals surface area contributed by atoms with Crippen LogP contribution in [0.5, 0.6) is 0 Å². The van der Waals surface area contributed by atoms with E-state index in [9.17, 15) is 32.3 Å². The number of carbonyl (C=O) groups excluding carboxylic acids is 4. The molecule has 1 fully saturated rings. The highest BCUT2D eigenvalue weighted by atomic mass is 19.4. The predicted molar refractivity (Wildman–Crippen MR) is 162 cm³/mol. The lowest BCUT2D eigenvalue weighted by Gasteiger charge is -2.31. The van der Waals surface area contributed by atoms with E-state index in [2.05, 4.69) is 10.4 Å². The number of alkyl halides is 3. The number of quaternary nitrogens is 1. The third-order valence-electron chi connectivity index (χ3n) is 8.14. The molecule has 2 aromatic rings. The molecule has 11 nitrogen and oxygen atoms in total. The van der Waals surface area contributed by atoms with Crippen LogP contribution >= 0.6 is 0 Å². The van der Waals surface area contributed by atoms with Crippen LogP contribution in [0.4, 0.5) is 18.9 Å². The van der Waals surface area contributed by atoms with Gasteiger partial charge >= 0.3 is 18.1 Å². The number of aromatic nitrogens is 2. The van der Waals surface area contributed by atoms with Crippen LogP contribution in [0.3, 0.4) is 0 Å². The largest absolute Gasteiger partial charge is 0.462 e. The zero-order chi connectivity index (χ0) is 34.2. The minimum atomic E-state index is -4.82. The number of esters is 2. The zero-order valence-corrected chi connectivity index (χ0v) is 27.1. The summed E-state index contributed by atoms with van der Waals surface area (Å²) in [6.07, 6.45) is -3.45. The summed E-state index contributed by atoms with van der Waals surface area (Å²) in [5.74, 6) is -2.25. The molecule has 1 atom stereocenters. The van der Waals surface area contributed by atoms with Crippen molar-refractivity contribution in [2.45, 2.75) is 90.1 Å². The van der Waals surface area contributed by atoms with Gasteiger partial charge in [0, 0.05) is 25.1 Å². The Labute approximate surface area is 266 Å². The molecular formula is C32H43F3N5O6+. The number of primary amides is 1. The molecule has 252 valence electrons. The first-order valence-corrected chi connectivity index (χ1v) is 15.3. The molecular weight excluding hydrogens is 607 g/mol. The summed E-state index contributed by atoms with van der Waals surface area (Å²) in [6, 6.07) is 4.27. The number of hydrogen-bond acceptors (Lipinski definition) is 8. The van der Waals surface area contributed by atoms with Crippen LogP contribution in [-0.2, 0) is 31.7 Å². The fourth-order valence-corrected chi connectivity index (χ4v) is 6.31. The monoisotopic (exact) mass is 650 g/mol. The molecule has 0 spiro atoms. The lowest BCUT2D eigenvalue weighted by molar-refractivity contribution is -0.873. The van der Waals surface area contributed by atoms with Crippen molar-refractivity contribution in [2.24, 2.45) is 11.1 Å². The van der Waals surface area contributed by atoms with Crippen LogP contribution in [0.1, 0.15) is 91.4 Å². The average Bonchev–Trinajstić information content (AvgIpc) is 3.27. The van der Waals surface area contributed by atoms with Crippen LogP contribution < -0.4 is 11.1 Å². The van der Waals surface area contributed by atoms with Gasteiger partial charge in [0.25, 0.3) is 5.91 Å². The van der Waals surface area contributed by atoms with E-state index in [0.717, 1.165) is 4.68 Å². The third-order valence-corrected chi connectivity index (χ3v) is 8.14. The minimum absolute atomic E-state index is 0.0246. The number of benzene rings is 1. The smallest absolute Gasteiger partial charge is 0.435 e. The SMILES string of the molecule is CC(=O)OC(CC(=O)OC1CCC(Nc2cc(-n3nc(C(F)(F)F)c4c3CC(C)(C)CC4=O)ccc2C(N)=O)CC1)C[N+](C)(C)C. The Kier molecular flexibility index (Phi) is 9.91. The van der Waals surface area contributed by atoms with E-state index in [4.69, 9.17) is 15.2 Å². The van der Waals surface area contributed by atoms with Crippen molar-refractivity contribution in [3.05, 3.63) is 40.7 Å².